The van der Waals surface area contributed by atoms with Crippen LogP contribution < -0.4 is 14.2 Å². The van der Waals surface area contributed by atoms with Gasteiger partial charge in [-0.1, -0.05) is 24.3 Å². The number of aromatic nitrogens is 2. The minimum atomic E-state index is -3.22. The Morgan fingerprint density at radius 1 is 1.00 bits per heavy atom. The first-order valence-electron chi connectivity index (χ1n) is 8.22. The standard InChI is InChI=1S/C19H21N3O4S/c1-25-17-10-8-16(9-11-17)22-18(12-19(21-22)26-2)15-6-4-14(5-7-15)13-20-27(3,23)24/h4-12,20H,13H2,1-3H3. The number of rotatable bonds is 7. The molecule has 2 aromatic carbocycles. The Morgan fingerprint density at radius 3 is 2.22 bits per heavy atom. The van der Waals surface area contributed by atoms with E-state index in [-0.39, 0.29) is 6.54 Å². The van der Waals surface area contributed by atoms with Crippen LogP contribution >= 0.6 is 0 Å². The number of methoxy groups -OCH3 is 2. The molecule has 3 rings (SSSR count). The summed E-state index contributed by atoms with van der Waals surface area (Å²) in [6.45, 7) is 0.250. The van der Waals surface area contributed by atoms with Crippen molar-refractivity contribution in [2.24, 2.45) is 0 Å². The maximum absolute atomic E-state index is 11.2. The second-order valence-corrected chi connectivity index (χ2v) is 7.80. The Hall–Kier alpha value is -2.84. The number of sulfonamides is 1. The molecule has 0 aliphatic heterocycles. The van der Waals surface area contributed by atoms with E-state index in [1.807, 2.05) is 54.6 Å². The normalized spacial score (nSPS) is 11.4. The van der Waals surface area contributed by atoms with Crippen molar-refractivity contribution in [3.63, 3.8) is 0 Å². The zero-order valence-electron chi connectivity index (χ0n) is 15.3. The van der Waals surface area contributed by atoms with Gasteiger partial charge >= 0.3 is 0 Å². The summed E-state index contributed by atoms with van der Waals surface area (Å²) in [5.41, 5.74) is 3.54. The molecule has 0 atom stereocenters. The van der Waals surface area contributed by atoms with Gasteiger partial charge in [0.2, 0.25) is 15.9 Å². The molecule has 0 aliphatic carbocycles. The molecule has 0 saturated carbocycles. The lowest BCUT2D eigenvalue weighted by Gasteiger charge is -2.09. The second kappa shape index (κ2) is 7.81. The van der Waals surface area contributed by atoms with Crippen molar-refractivity contribution in [3.05, 3.63) is 60.2 Å². The van der Waals surface area contributed by atoms with Gasteiger partial charge in [0.1, 0.15) is 5.75 Å². The van der Waals surface area contributed by atoms with E-state index in [0.717, 1.165) is 34.5 Å². The number of hydrogen-bond acceptors (Lipinski definition) is 5. The Balaban J connectivity index is 1.92. The molecule has 1 N–H and O–H groups in total. The van der Waals surface area contributed by atoms with Crippen molar-refractivity contribution in [1.82, 2.24) is 14.5 Å². The van der Waals surface area contributed by atoms with Crippen LogP contribution in [0.1, 0.15) is 5.56 Å². The van der Waals surface area contributed by atoms with E-state index in [9.17, 15) is 8.42 Å². The molecule has 0 bridgehead atoms. The molecule has 0 aliphatic rings. The van der Waals surface area contributed by atoms with Gasteiger partial charge in [0.05, 0.1) is 31.9 Å². The number of ether oxygens (including phenoxy) is 2. The summed E-state index contributed by atoms with van der Waals surface area (Å²) < 4.78 is 37.2. The van der Waals surface area contributed by atoms with Gasteiger partial charge < -0.3 is 9.47 Å². The first kappa shape index (κ1) is 18.9. The van der Waals surface area contributed by atoms with Gasteiger partial charge in [-0.15, -0.1) is 5.10 Å². The minimum Gasteiger partial charge on any atom is -0.497 e. The lowest BCUT2D eigenvalue weighted by atomic mass is 10.1. The summed E-state index contributed by atoms with van der Waals surface area (Å²) in [5.74, 6) is 1.27. The maximum Gasteiger partial charge on any atom is 0.233 e. The summed E-state index contributed by atoms with van der Waals surface area (Å²) in [6.07, 6.45) is 1.14. The summed E-state index contributed by atoms with van der Waals surface area (Å²) >= 11 is 0. The molecule has 142 valence electrons. The number of nitrogens with zero attached hydrogens (tertiary/aromatic N) is 2. The third-order valence-corrected chi connectivity index (χ3v) is 4.67. The van der Waals surface area contributed by atoms with E-state index in [1.165, 1.54) is 0 Å². The Kier molecular flexibility index (Phi) is 5.48. The maximum atomic E-state index is 11.2. The summed E-state index contributed by atoms with van der Waals surface area (Å²) in [5, 5.41) is 4.48. The van der Waals surface area contributed by atoms with E-state index in [1.54, 1.807) is 18.9 Å². The molecule has 27 heavy (non-hydrogen) atoms. The monoisotopic (exact) mass is 387 g/mol. The lowest BCUT2D eigenvalue weighted by molar-refractivity contribution is 0.394. The summed E-state index contributed by atoms with van der Waals surface area (Å²) in [7, 11) is -0.0277. The van der Waals surface area contributed by atoms with Crippen LogP contribution in [-0.2, 0) is 16.6 Å². The van der Waals surface area contributed by atoms with E-state index in [2.05, 4.69) is 9.82 Å². The summed E-state index contributed by atoms with van der Waals surface area (Å²) in [6, 6.07) is 17.0. The van der Waals surface area contributed by atoms with Gasteiger partial charge in [0, 0.05) is 18.2 Å². The molecule has 0 fully saturated rings. The van der Waals surface area contributed by atoms with Gasteiger partial charge in [-0.2, -0.15) is 0 Å². The highest BCUT2D eigenvalue weighted by Gasteiger charge is 2.12. The highest BCUT2D eigenvalue weighted by atomic mass is 32.2. The average Bonchev–Trinajstić information content (AvgIpc) is 3.11. The van der Waals surface area contributed by atoms with Crippen LogP contribution in [-0.4, -0.2) is 38.7 Å². The smallest absolute Gasteiger partial charge is 0.233 e. The molecular formula is C19H21N3O4S. The lowest BCUT2D eigenvalue weighted by Crippen LogP contribution is -2.21. The van der Waals surface area contributed by atoms with Crippen molar-refractivity contribution in [2.45, 2.75) is 6.54 Å². The predicted molar refractivity (Wildman–Crippen MR) is 104 cm³/mol. The molecule has 8 heteroatoms. The molecule has 7 nitrogen and oxygen atoms in total. The van der Waals surface area contributed by atoms with Crippen LogP contribution in [0.4, 0.5) is 0 Å². The van der Waals surface area contributed by atoms with Gasteiger partial charge in [-0.3, -0.25) is 0 Å². The fourth-order valence-electron chi connectivity index (χ4n) is 2.59. The third-order valence-electron chi connectivity index (χ3n) is 4.00. The molecule has 1 aromatic heterocycles. The highest BCUT2D eigenvalue weighted by molar-refractivity contribution is 7.88. The molecule has 0 saturated heterocycles. The second-order valence-electron chi connectivity index (χ2n) is 5.97. The molecule has 0 unspecified atom stereocenters. The Morgan fingerprint density at radius 2 is 1.67 bits per heavy atom. The van der Waals surface area contributed by atoms with Crippen LogP contribution in [0.25, 0.3) is 16.9 Å². The van der Waals surface area contributed by atoms with Gasteiger partial charge in [0.15, 0.2) is 0 Å². The van der Waals surface area contributed by atoms with Gasteiger partial charge in [-0.25, -0.2) is 17.8 Å². The summed E-state index contributed by atoms with van der Waals surface area (Å²) in [4.78, 5) is 0. The largest absolute Gasteiger partial charge is 0.497 e. The quantitative estimate of drug-likeness (QED) is 0.674. The highest BCUT2D eigenvalue weighted by Crippen LogP contribution is 2.28. The fourth-order valence-corrected chi connectivity index (χ4v) is 3.02. The molecule has 0 radical (unpaired) electrons. The molecule has 1 heterocycles. The molecule has 3 aromatic rings. The van der Waals surface area contributed by atoms with E-state index < -0.39 is 10.0 Å². The predicted octanol–water partition coefficient (Wildman–Crippen LogP) is 2.61. The Labute approximate surface area is 158 Å². The first-order valence-corrected chi connectivity index (χ1v) is 10.1. The van der Waals surface area contributed by atoms with Crippen LogP contribution in [0.2, 0.25) is 0 Å². The van der Waals surface area contributed by atoms with Gasteiger partial charge in [0.25, 0.3) is 0 Å². The fraction of sp³-hybridized carbons (Fsp3) is 0.211. The molecule has 0 amide bonds. The SMILES string of the molecule is COc1ccc(-n2nc(OC)cc2-c2ccc(CNS(C)(=O)=O)cc2)cc1. The van der Waals surface area contributed by atoms with Crippen molar-refractivity contribution < 1.29 is 17.9 Å². The zero-order valence-corrected chi connectivity index (χ0v) is 16.2. The minimum absolute atomic E-state index is 0.250. The Bertz CT molecular complexity index is 1010. The number of nitrogens with one attached hydrogen (secondary N) is 1. The topological polar surface area (TPSA) is 82.4 Å². The molecular weight excluding hydrogens is 366 g/mol. The van der Waals surface area contributed by atoms with Crippen molar-refractivity contribution >= 4 is 10.0 Å². The van der Waals surface area contributed by atoms with E-state index in [4.69, 9.17) is 9.47 Å². The third kappa shape index (κ3) is 4.66. The zero-order chi connectivity index (χ0) is 19.4. The number of benzene rings is 2. The van der Waals surface area contributed by atoms with Crippen LogP contribution in [0.3, 0.4) is 0 Å². The van der Waals surface area contributed by atoms with Crippen molar-refractivity contribution in [1.29, 1.82) is 0 Å². The molecule has 0 spiro atoms. The van der Waals surface area contributed by atoms with Gasteiger partial charge in [-0.05, 0) is 29.8 Å². The van der Waals surface area contributed by atoms with Crippen LogP contribution in [0.5, 0.6) is 11.6 Å². The van der Waals surface area contributed by atoms with Crippen molar-refractivity contribution in [3.8, 4) is 28.6 Å². The van der Waals surface area contributed by atoms with E-state index >= 15 is 0 Å². The first-order chi connectivity index (χ1) is 12.9. The van der Waals surface area contributed by atoms with Crippen LogP contribution in [0, 0.1) is 0 Å². The van der Waals surface area contributed by atoms with Crippen LogP contribution in [0.15, 0.2) is 54.6 Å². The number of hydrogen-bond donors (Lipinski definition) is 1. The van der Waals surface area contributed by atoms with Crippen molar-refractivity contribution in [2.75, 3.05) is 20.5 Å². The average molecular weight is 387 g/mol. The van der Waals surface area contributed by atoms with E-state index in [0.29, 0.717) is 5.88 Å².